The zero-order valence-electron chi connectivity index (χ0n) is 17.5. The van der Waals surface area contributed by atoms with Gasteiger partial charge in [0, 0.05) is 12.3 Å². The second kappa shape index (κ2) is 12.5. The van der Waals surface area contributed by atoms with Gasteiger partial charge in [0.1, 0.15) is 17.7 Å². The Balaban J connectivity index is 4.69. The normalized spacial score (nSPS) is 14.2. The first kappa shape index (κ1) is 26.0. The number of rotatable bonds is 10. The van der Waals surface area contributed by atoms with Crippen LogP contribution in [-0.2, 0) is 19.1 Å². The Hall–Kier alpha value is -1.97. The third-order valence-corrected chi connectivity index (χ3v) is 4.14. The van der Waals surface area contributed by atoms with Gasteiger partial charge in [0.05, 0.1) is 6.54 Å². The highest BCUT2D eigenvalue weighted by Crippen LogP contribution is 2.08. The number of hydrogen-bond donors (Lipinski definition) is 5. The quantitative estimate of drug-likeness (QED) is 0.332. The number of thiol groups is 1. The highest BCUT2D eigenvalue weighted by Gasteiger charge is 2.27. The predicted molar refractivity (Wildman–Crippen MR) is 110 cm³/mol. The standard InChI is InChI=1S/C18H34N4O5S/c1-7-11(3)14(16(25)19-8-2)22-13(23)9-20-15(24)12(10-28)21-17(26)27-18(4,5)6/h11-12,14,28H,7-10H2,1-6H3,(H,19,25)(H,20,24)(H,21,26)(H,22,23)/t11-,12-,14-/m0/s1. The van der Waals surface area contributed by atoms with Crippen molar-refractivity contribution in [3.05, 3.63) is 0 Å². The molecule has 0 fully saturated rings. The third-order valence-electron chi connectivity index (χ3n) is 3.78. The minimum atomic E-state index is -0.959. The van der Waals surface area contributed by atoms with Gasteiger partial charge >= 0.3 is 6.09 Å². The van der Waals surface area contributed by atoms with Gasteiger partial charge in [-0.3, -0.25) is 14.4 Å². The fourth-order valence-corrected chi connectivity index (χ4v) is 2.40. The number of carbonyl (C=O) groups excluding carboxylic acids is 4. The number of nitrogens with one attached hydrogen (secondary N) is 4. The van der Waals surface area contributed by atoms with Crippen molar-refractivity contribution >= 4 is 36.4 Å². The van der Waals surface area contributed by atoms with E-state index in [0.717, 1.165) is 0 Å². The second-order valence-corrected chi connectivity index (χ2v) is 7.79. The van der Waals surface area contributed by atoms with Crippen LogP contribution in [0.4, 0.5) is 4.79 Å². The molecule has 0 saturated heterocycles. The maximum absolute atomic E-state index is 12.2. The van der Waals surface area contributed by atoms with Crippen LogP contribution in [0.3, 0.4) is 0 Å². The predicted octanol–water partition coefficient (Wildman–Crippen LogP) is 0.593. The van der Waals surface area contributed by atoms with E-state index >= 15 is 0 Å². The Morgan fingerprint density at radius 2 is 1.61 bits per heavy atom. The van der Waals surface area contributed by atoms with Crippen LogP contribution in [-0.4, -0.2) is 60.3 Å². The molecule has 28 heavy (non-hydrogen) atoms. The summed E-state index contributed by atoms with van der Waals surface area (Å²) < 4.78 is 5.10. The number of hydrogen-bond acceptors (Lipinski definition) is 6. The number of ether oxygens (including phenoxy) is 1. The topological polar surface area (TPSA) is 126 Å². The van der Waals surface area contributed by atoms with E-state index in [1.807, 2.05) is 13.8 Å². The molecule has 9 nitrogen and oxygen atoms in total. The second-order valence-electron chi connectivity index (χ2n) is 7.42. The maximum Gasteiger partial charge on any atom is 0.408 e. The minimum absolute atomic E-state index is 0.0289. The summed E-state index contributed by atoms with van der Waals surface area (Å²) in [5.74, 6) is -1.38. The first-order valence-corrected chi connectivity index (χ1v) is 10.0. The molecule has 0 aromatic rings. The lowest BCUT2D eigenvalue weighted by Crippen LogP contribution is -2.54. The van der Waals surface area contributed by atoms with E-state index in [2.05, 4.69) is 33.9 Å². The van der Waals surface area contributed by atoms with Crippen molar-refractivity contribution in [1.29, 1.82) is 0 Å². The van der Waals surface area contributed by atoms with Gasteiger partial charge in [-0.25, -0.2) is 4.79 Å². The molecule has 0 aromatic heterocycles. The van der Waals surface area contributed by atoms with E-state index in [0.29, 0.717) is 13.0 Å². The molecule has 0 aliphatic carbocycles. The molecule has 10 heteroatoms. The summed E-state index contributed by atoms with van der Waals surface area (Å²) in [5.41, 5.74) is -0.703. The van der Waals surface area contributed by atoms with Crippen molar-refractivity contribution in [2.45, 2.75) is 65.6 Å². The molecule has 4 amide bonds. The summed E-state index contributed by atoms with van der Waals surface area (Å²) in [7, 11) is 0. The van der Waals surface area contributed by atoms with Crippen molar-refractivity contribution in [3.63, 3.8) is 0 Å². The summed E-state index contributed by atoms with van der Waals surface area (Å²) in [6.07, 6.45) is -0.0464. The smallest absolute Gasteiger partial charge is 0.408 e. The number of likely N-dealkylation sites (N-methyl/N-ethyl adjacent to an activating group) is 1. The van der Waals surface area contributed by atoms with Crippen LogP contribution in [0.15, 0.2) is 0 Å². The van der Waals surface area contributed by atoms with E-state index in [4.69, 9.17) is 4.74 Å². The lowest BCUT2D eigenvalue weighted by molar-refractivity contribution is -0.131. The van der Waals surface area contributed by atoms with Gasteiger partial charge in [-0.05, 0) is 33.6 Å². The van der Waals surface area contributed by atoms with Gasteiger partial charge in [0.15, 0.2) is 0 Å². The van der Waals surface area contributed by atoms with Crippen molar-refractivity contribution in [1.82, 2.24) is 21.3 Å². The van der Waals surface area contributed by atoms with Crippen molar-refractivity contribution < 1.29 is 23.9 Å². The molecule has 0 heterocycles. The summed E-state index contributed by atoms with van der Waals surface area (Å²) >= 11 is 4.05. The average Bonchev–Trinajstić information content (AvgIpc) is 2.60. The molecule has 0 saturated carbocycles. The average molecular weight is 419 g/mol. The molecule has 162 valence electrons. The van der Waals surface area contributed by atoms with E-state index < -0.39 is 35.6 Å². The Kier molecular flexibility index (Phi) is 11.6. The van der Waals surface area contributed by atoms with Gasteiger partial charge in [-0.2, -0.15) is 12.6 Å². The van der Waals surface area contributed by atoms with Gasteiger partial charge in [0.25, 0.3) is 0 Å². The van der Waals surface area contributed by atoms with E-state index in [1.165, 1.54) is 0 Å². The zero-order valence-corrected chi connectivity index (χ0v) is 18.4. The molecule has 4 N–H and O–H groups in total. The highest BCUT2D eigenvalue weighted by atomic mass is 32.1. The van der Waals surface area contributed by atoms with Gasteiger partial charge in [-0.1, -0.05) is 20.3 Å². The lowest BCUT2D eigenvalue weighted by atomic mass is 9.98. The van der Waals surface area contributed by atoms with Crippen LogP contribution < -0.4 is 21.3 Å². The largest absolute Gasteiger partial charge is 0.444 e. The molecule has 3 atom stereocenters. The summed E-state index contributed by atoms with van der Waals surface area (Å²) in [4.78, 5) is 48.3. The lowest BCUT2D eigenvalue weighted by Gasteiger charge is -2.24. The SMILES string of the molecule is CCNC(=O)[C@@H](NC(=O)CNC(=O)[C@H](CS)NC(=O)OC(C)(C)C)[C@@H](C)CC. The van der Waals surface area contributed by atoms with Crippen molar-refractivity contribution in [2.24, 2.45) is 5.92 Å². The van der Waals surface area contributed by atoms with E-state index in [9.17, 15) is 19.2 Å². The molecule has 0 bridgehead atoms. The Bertz CT molecular complexity index is 551. The molecule has 0 unspecified atom stereocenters. The highest BCUT2D eigenvalue weighted by molar-refractivity contribution is 7.80. The monoisotopic (exact) mass is 418 g/mol. The van der Waals surface area contributed by atoms with Crippen molar-refractivity contribution in [2.75, 3.05) is 18.8 Å². The summed E-state index contributed by atoms with van der Waals surface area (Å²) in [6, 6.07) is -1.64. The Morgan fingerprint density at radius 1 is 1.00 bits per heavy atom. The van der Waals surface area contributed by atoms with E-state index in [-0.39, 0.29) is 24.1 Å². The van der Waals surface area contributed by atoms with Crippen LogP contribution in [0.2, 0.25) is 0 Å². The zero-order chi connectivity index (χ0) is 21.9. The molecule has 0 aliphatic heterocycles. The van der Waals surface area contributed by atoms with Gasteiger partial charge < -0.3 is 26.0 Å². The molecule has 0 rings (SSSR count). The molecular formula is C18H34N4O5S. The van der Waals surface area contributed by atoms with Crippen LogP contribution in [0, 0.1) is 5.92 Å². The third kappa shape index (κ3) is 10.4. The summed E-state index contributed by atoms with van der Waals surface area (Å²) in [5, 5.41) is 10.2. The fourth-order valence-electron chi connectivity index (χ4n) is 2.15. The minimum Gasteiger partial charge on any atom is -0.444 e. The van der Waals surface area contributed by atoms with E-state index in [1.54, 1.807) is 27.7 Å². The number of amides is 4. The van der Waals surface area contributed by atoms with Crippen molar-refractivity contribution in [3.8, 4) is 0 Å². The first-order chi connectivity index (χ1) is 12.9. The Morgan fingerprint density at radius 3 is 2.07 bits per heavy atom. The number of alkyl carbamates (subject to hydrolysis) is 1. The first-order valence-electron chi connectivity index (χ1n) is 9.40. The van der Waals surface area contributed by atoms with Gasteiger partial charge in [-0.15, -0.1) is 0 Å². The Labute approximate surface area is 172 Å². The van der Waals surface area contributed by atoms with Crippen LogP contribution in [0.25, 0.3) is 0 Å². The molecule has 0 radical (unpaired) electrons. The molecule has 0 spiro atoms. The molecule has 0 aliphatic rings. The summed E-state index contributed by atoms with van der Waals surface area (Å²) in [6.45, 7) is 10.8. The molecule has 0 aromatic carbocycles. The maximum atomic E-state index is 12.2. The molecular weight excluding hydrogens is 384 g/mol. The fraction of sp³-hybridized carbons (Fsp3) is 0.778. The van der Waals surface area contributed by atoms with Crippen LogP contribution in [0.1, 0.15) is 48.0 Å². The van der Waals surface area contributed by atoms with Gasteiger partial charge in [0.2, 0.25) is 17.7 Å². The van der Waals surface area contributed by atoms with Crippen LogP contribution in [0.5, 0.6) is 0 Å². The van der Waals surface area contributed by atoms with Crippen LogP contribution >= 0.6 is 12.6 Å². The number of carbonyl (C=O) groups is 4.